The van der Waals surface area contributed by atoms with Crippen molar-refractivity contribution in [2.24, 2.45) is 10.9 Å². The van der Waals surface area contributed by atoms with E-state index in [4.69, 9.17) is 9.47 Å². The Hall–Kier alpha value is -3.13. The van der Waals surface area contributed by atoms with E-state index in [2.05, 4.69) is 4.99 Å². The highest BCUT2D eigenvalue weighted by atomic mass is 32.2. The van der Waals surface area contributed by atoms with Crippen LogP contribution in [0.15, 0.2) is 40.5 Å². The highest BCUT2D eigenvalue weighted by Gasteiger charge is 2.43. The molecular formula is C21H26N2O10S2. The number of carbonyl (C=O) groups excluding carboxylic acids is 2. The van der Waals surface area contributed by atoms with Crippen molar-refractivity contribution >= 4 is 43.0 Å². The molecule has 0 amide bonds. The minimum absolute atomic E-state index is 0.0883. The van der Waals surface area contributed by atoms with Gasteiger partial charge in [0.1, 0.15) is 19.1 Å². The topological polar surface area (TPSA) is 176 Å². The van der Waals surface area contributed by atoms with E-state index in [1.54, 1.807) is 0 Å². The van der Waals surface area contributed by atoms with Crippen LogP contribution in [0.1, 0.15) is 25.3 Å². The summed E-state index contributed by atoms with van der Waals surface area (Å²) in [5.41, 5.74) is 0.288. The molecule has 0 aromatic heterocycles. The summed E-state index contributed by atoms with van der Waals surface area (Å²) >= 11 is 0. The summed E-state index contributed by atoms with van der Waals surface area (Å²) < 4.78 is 55.9. The van der Waals surface area contributed by atoms with Crippen molar-refractivity contribution in [2.75, 3.05) is 37.2 Å². The maximum absolute atomic E-state index is 13.0. The molecule has 0 N–H and O–H groups in total. The number of nitro benzene ring substituents is 1. The quantitative estimate of drug-likeness (QED) is 0.243. The maximum Gasteiger partial charge on any atom is 0.336 e. The predicted octanol–water partition coefficient (Wildman–Crippen LogP) is 1.22. The summed E-state index contributed by atoms with van der Waals surface area (Å²) in [6, 6.07) is 5.33. The number of sulfone groups is 2. The second kappa shape index (κ2) is 11.1. The summed E-state index contributed by atoms with van der Waals surface area (Å²) in [5.74, 6) is -4.97. The number of hydrogen-bond acceptors (Lipinski definition) is 11. The number of benzene rings is 1. The van der Waals surface area contributed by atoms with Crippen LogP contribution in [0.2, 0.25) is 0 Å². The number of ether oxygens (including phenoxy) is 2. The predicted molar refractivity (Wildman–Crippen MR) is 126 cm³/mol. The van der Waals surface area contributed by atoms with Gasteiger partial charge < -0.3 is 9.47 Å². The molecule has 1 aliphatic rings. The van der Waals surface area contributed by atoms with Gasteiger partial charge in [0.05, 0.1) is 22.0 Å². The van der Waals surface area contributed by atoms with Gasteiger partial charge in [-0.05, 0) is 19.4 Å². The van der Waals surface area contributed by atoms with E-state index in [0.717, 1.165) is 12.5 Å². The molecule has 0 saturated heterocycles. The van der Waals surface area contributed by atoms with Crippen molar-refractivity contribution in [1.82, 2.24) is 0 Å². The number of rotatable bonds is 10. The number of nitrogens with zero attached hydrogens (tertiary/aromatic N) is 2. The fourth-order valence-corrected chi connectivity index (χ4v) is 4.32. The summed E-state index contributed by atoms with van der Waals surface area (Å²) in [4.78, 5) is 41.0. The van der Waals surface area contributed by atoms with Crippen molar-refractivity contribution < 1.29 is 40.8 Å². The standard InChI is InChI=1S/C21H26N2O10S2/c1-13-17(20(24)32-8-10-34(3,28)29)19(15-6-5-7-16(12-15)23(26)27)18(14(2)22-13)21(25)33-9-11-35(4,30)31/h5-7,12,17,19H,8-11H2,1-4H3. The highest BCUT2D eigenvalue weighted by Crippen LogP contribution is 2.41. The molecule has 1 aromatic carbocycles. The number of aliphatic imine (C=N–C) groups is 1. The molecule has 2 unspecified atom stereocenters. The van der Waals surface area contributed by atoms with Crippen LogP contribution in [0, 0.1) is 16.0 Å². The molecule has 0 radical (unpaired) electrons. The van der Waals surface area contributed by atoms with Gasteiger partial charge in [0.2, 0.25) is 0 Å². The maximum atomic E-state index is 13.0. The summed E-state index contributed by atoms with van der Waals surface area (Å²) in [6.07, 6.45) is 1.96. The van der Waals surface area contributed by atoms with Gasteiger partial charge in [-0.1, -0.05) is 12.1 Å². The van der Waals surface area contributed by atoms with E-state index in [1.807, 2.05) is 0 Å². The van der Waals surface area contributed by atoms with Crippen molar-refractivity contribution in [3.8, 4) is 0 Å². The molecule has 35 heavy (non-hydrogen) atoms. The molecule has 0 fully saturated rings. The Kier molecular flexibility index (Phi) is 8.89. The van der Waals surface area contributed by atoms with Gasteiger partial charge in [-0.2, -0.15) is 0 Å². The Morgan fingerprint density at radius 2 is 1.60 bits per heavy atom. The normalized spacial score (nSPS) is 18.6. The lowest BCUT2D eigenvalue weighted by Crippen LogP contribution is -2.37. The van der Waals surface area contributed by atoms with E-state index in [-0.39, 0.29) is 28.2 Å². The highest BCUT2D eigenvalue weighted by molar-refractivity contribution is 7.90. The lowest BCUT2D eigenvalue weighted by Gasteiger charge is -2.31. The Morgan fingerprint density at radius 3 is 2.14 bits per heavy atom. The number of nitro groups is 1. The van der Waals surface area contributed by atoms with Gasteiger partial charge in [-0.25, -0.2) is 21.6 Å². The number of carbonyl (C=O) groups is 2. The van der Waals surface area contributed by atoms with E-state index >= 15 is 0 Å². The fourth-order valence-electron chi connectivity index (χ4n) is 3.55. The number of non-ortho nitro benzene ring substituents is 1. The largest absolute Gasteiger partial charge is 0.464 e. The summed E-state index contributed by atoms with van der Waals surface area (Å²) in [7, 11) is -6.83. The van der Waals surface area contributed by atoms with Crippen molar-refractivity contribution in [3.63, 3.8) is 0 Å². The molecule has 14 heteroatoms. The first kappa shape index (κ1) is 28.1. The zero-order valence-corrected chi connectivity index (χ0v) is 21.2. The Bertz CT molecular complexity index is 1300. The van der Waals surface area contributed by atoms with E-state index in [1.165, 1.54) is 38.1 Å². The van der Waals surface area contributed by atoms with Gasteiger partial charge in [0.15, 0.2) is 19.7 Å². The summed E-state index contributed by atoms with van der Waals surface area (Å²) in [5, 5.41) is 11.3. The molecule has 192 valence electrons. The first-order chi connectivity index (χ1) is 16.1. The number of allylic oxidation sites excluding steroid dienone is 1. The van der Waals surface area contributed by atoms with E-state index in [9.17, 15) is 36.5 Å². The van der Waals surface area contributed by atoms with E-state index < -0.39 is 73.1 Å². The molecule has 1 heterocycles. The zero-order chi connectivity index (χ0) is 26.6. The average molecular weight is 531 g/mol. The molecule has 0 bridgehead atoms. The lowest BCUT2D eigenvalue weighted by molar-refractivity contribution is -0.384. The molecular weight excluding hydrogens is 504 g/mol. The first-order valence-corrected chi connectivity index (χ1v) is 14.4. The Morgan fingerprint density at radius 1 is 1.03 bits per heavy atom. The van der Waals surface area contributed by atoms with E-state index in [0.29, 0.717) is 0 Å². The molecule has 2 rings (SSSR count). The Balaban J connectivity index is 2.52. The summed E-state index contributed by atoms with van der Waals surface area (Å²) in [6.45, 7) is 2.14. The number of hydrogen-bond donors (Lipinski definition) is 0. The fraction of sp³-hybridized carbons (Fsp3) is 0.476. The smallest absolute Gasteiger partial charge is 0.336 e. The van der Waals surface area contributed by atoms with Crippen molar-refractivity contribution in [2.45, 2.75) is 19.8 Å². The third kappa shape index (κ3) is 7.96. The van der Waals surface area contributed by atoms with Crippen LogP contribution in [0.5, 0.6) is 0 Å². The van der Waals surface area contributed by atoms with Crippen LogP contribution in [-0.2, 0) is 38.7 Å². The van der Waals surface area contributed by atoms with Crippen LogP contribution < -0.4 is 0 Å². The molecule has 12 nitrogen and oxygen atoms in total. The van der Waals surface area contributed by atoms with Crippen LogP contribution >= 0.6 is 0 Å². The van der Waals surface area contributed by atoms with Crippen LogP contribution in [0.25, 0.3) is 0 Å². The molecule has 1 aliphatic heterocycles. The van der Waals surface area contributed by atoms with Gasteiger partial charge in [0.25, 0.3) is 5.69 Å². The van der Waals surface area contributed by atoms with Crippen LogP contribution in [0.4, 0.5) is 5.69 Å². The Labute approximate surface area is 203 Å². The molecule has 0 saturated carbocycles. The lowest BCUT2D eigenvalue weighted by atomic mass is 9.75. The third-order valence-corrected chi connectivity index (χ3v) is 6.94. The number of esters is 2. The van der Waals surface area contributed by atoms with Crippen LogP contribution in [0.3, 0.4) is 0 Å². The average Bonchev–Trinajstić information content (AvgIpc) is 2.71. The molecule has 0 aliphatic carbocycles. The van der Waals surface area contributed by atoms with Crippen molar-refractivity contribution in [1.29, 1.82) is 0 Å². The van der Waals surface area contributed by atoms with Gasteiger partial charge in [0, 0.05) is 42.0 Å². The second-order valence-corrected chi connectivity index (χ2v) is 12.6. The minimum atomic E-state index is -3.42. The zero-order valence-electron chi connectivity index (χ0n) is 19.6. The van der Waals surface area contributed by atoms with Crippen molar-refractivity contribution in [3.05, 3.63) is 51.2 Å². The second-order valence-electron chi connectivity index (χ2n) is 8.12. The molecule has 1 aromatic rings. The monoisotopic (exact) mass is 530 g/mol. The first-order valence-electron chi connectivity index (χ1n) is 10.3. The van der Waals surface area contributed by atoms with Gasteiger partial charge in [-0.15, -0.1) is 0 Å². The third-order valence-electron chi connectivity index (χ3n) is 5.13. The molecule has 0 spiro atoms. The SMILES string of the molecule is CC1=NC(C)=C(C(=O)OCCS(C)(=O)=O)C(c2cccc([N+](=O)[O-])c2)C1C(=O)OCCS(C)(=O)=O. The van der Waals surface area contributed by atoms with Gasteiger partial charge >= 0.3 is 11.9 Å². The minimum Gasteiger partial charge on any atom is -0.464 e. The van der Waals surface area contributed by atoms with Crippen LogP contribution in [-0.4, -0.2) is 76.6 Å². The van der Waals surface area contributed by atoms with Gasteiger partial charge in [-0.3, -0.25) is 19.9 Å². The molecule has 2 atom stereocenters.